The van der Waals surface area contributed by atoms with E-state index in [1.165, 1.54) is 31.6 Å². The minimum atomic E-state index is -0.928. The summed E-state index contributed by atoms with van der Waals surface area (Å²) in [4.78, 5) is 54.4. The third-order valence-electron chi connectivity index (χ3n) is 6.90. The van der Waals surface area contributed by atoms with Crippen molar-refractivity contribution in [2.45, 2.75) is 51.5 Å². The Kier molecular flexibility index (Phi) is 8.45. The molecule has 1 fully saturated rings. The minimum Gasteiger partial charge on any atom is -0.493 e. The normalized spacial score (nSPS) is 17.2. The molecule has 200 valence electrons. The van der Waals surface area contributed by atoms with Crippen LogP contribution in [0.15, 0.2) is 54.1 Å². The predicted molar refractivity (Wildman–Crippen MR) is 143 cm³/mol. The van der Waals surface area contributed by atoms with Gasteiger partial charge in [-0.3, -0.25) is 19.2 Å². The van der Waals surface area contributed by atoms with Crippen LogP contribution in [0.1, 0.15) is 55.8 Å². The van der Waals surface area contributed by atoms with E-state index in [0.717, 1.165) is 30.6 Å². The molecule has 4 rings (SSSR count). The number of nitrogens with one attached hydrogen (secondary N) is 1. The van der Waals surface area contributed by atoms with E-state index in [9.17, 15) is 19.2 Å². The highest BCUT2D eigenvalue weighted by Gasteiger charge is 2.44. The fraction of sp³-hybridized carbons (Fsp3) is 0.379. The zero-order chi connectivity index (χ0) is 27.2. The topological polar surface area (TPSA) is 105 Å². The maximum Gasteiger partial charge on any atom is 0.257 e. The molecule has 0 radical (unpaired) electrons. The van der Waals surface area contributed by atoms with Crippen LogP contribution in [0.3, 0.4) is 0 Å². The van der Waals surface area contributed by atoms with Crippen molar-refractivity contribution in [1.29, 1.82) is 0 Å². The number of anilines is 2. The predicted octanol–water partition coefficient (Wildman–Crippen LogP) is 4.33. The fourth-order valence-corrected chi connectivity index (χ4v) is 4.96. The quantitative estimate of drug-likeness (QED) is 0.391. The van der Waals surface area contributed by atoms with Crippen LogP contribution >= 0.6 is 0 Å². The molecular weight excluding hydrogens is 486 g/mol. The largest absolute Gasteiger partial charge is 0.493 e. The number of imide groups is 1. The Hall–Kier alpha value is -4.14. The SMILES string of the molecule is COc1ccc(C(=O)N(CCC2=CCCCC2)C2CC(=O)N(c3ccc(NC(C)=O)cc3)C2=O)cc1OC. The molecule has 2 aromatic rings. The maximum atomic E-state index is 13.8. The van der Waals surface area contributed by atoms with Crippen molar-refractivity contribution >= 4 is 35.0 Å². The highest BCUT2D eigenvalue weighted by molar-refractivity contribution is 6.23. The van der Waals surface area contributed by atoms with Gasteiger partial charge in [0.2, 0.25) is 11.8 Å². The van der Waals surface area contributed by atoms with Crippen LogP contribution in [-0.4, -0.2) is 55.3 Å². The van der Waals surface area contributed by atoms with Gasteiger partial charge >= 0.3 is 0 Å². The van der Waals surface area contributed by atoms with E-state index in [4.69, 9.17) is 9.47 Å². The lowest BCUT2D eigenvalue weighted by atomic mass is 9.96. The third-order valence-corrected chi connectivity index (χ3v) is 6.90. The van der Waals surface area contributed by atoms with Crippen molar-refractivity contribution in [2.75, 3.05) is 31.0 Å². The molecule has 0 bridgehead atoms. The summed E-state index contributed by atoms with van der Waals surface area (Å²) < 4.78 is 10.7. The molecule has 0 spiro atoms. The molecule has 38 heavy (non-hydrogen) atoms. The van der Waals surface area contributed by atoms with Gasteiger partial charge in [0.25, 0.3) is 11.8 Å². The zero-order valence-corrected chi connectivity index (χ0v) is 22.0. The van der Waals surface area contributed by atoms with Crippen LogP contribution in [-0.2, 0) is 14.4 Å². The Morgan fingerprint density at radius 3 is 2.39 bits per heavy atom. The third kappa shape index (κ3) is 5.88. The summed E-state index contributed by atoms with van der Waals surface area (Å²) in [7, 11) is 3.01. The van der Waals surface area contributed by atoms with Gasteiger partial charge in [-0.25, -0.2) is 4.90 Å². The maximum absolute atomic E-state index is 13.8. The van der Waals surface area contributed by atoms with Gasteiger partial charge in [0.1, 0.15) is 6.04 Å². The monoisotopic (exact) mass is 519 g/mol. The van der Waals surface area contributed by atoms with E-state index in [1.807, 2.05) is 0 Å². The number of carbonyl (C=O) groups is 4. The summed E-state index contributed by atoms with van der Waals surface area (Å²) in [5, 5.41) is 2.67. The van der Waals surface area contributed by atoms with E-state index in [-0.39, 0.29) is 24.1 Å². The lowest BCUT2D eigenvalue weighted by Gasteiger charge is -2.29. The van der Waals surface area contributed by atoms with E-state index in [0.29, 0.717) is 41.4 Å². The molecule has 1 heterocycles. The number of carbonyl (C=O) groups excluding carboxylic acids is 4. The second kappa shape index (κ2) is 11.9. The minimum absolute atomic E-state index is 0.107. The van der Waals surface area contributed by atoms with Crippen LogP contribution in [0.4, 0.5) is 11.4 Å². The average Bonchev–Trinajstić information content (AvgIpc) is 3.22. The highest BCUT2D eigenvalue weighted by atomic mass is 16.5. The van der Waals surface area contributed by atoms with Crippen LogP contribution < -0.4 is 19.7 Å². The molecule has 2 aliphatic rings. The van der Waals surface area contributed by atoms with Crippen LogP contribution in [0, 0.1) is 0 Å². The number of rotatable bonds is 9. The van der Waals surface area contributed by atoms with E-state index in [2.05, 4.69) is 11.4 Å². The number of nitrogens with zero attached hydrogens (tertiary/aromatic N) is 2. The lowest BCUT2D eigenvalue weighted by Crippen LogP contribution is -2.46. The molecule has 9 nitrogen and oxygen atoms in total. The van der Waals surface area contributed by atoms with Crippen molar-refractivity contribution in [3.05, 3.63) is 59.7 Å². The summed E-state index contributed by atoms with van der Waals surface area (Å²) in [6.45, 7) is 1.72. The Morgan fingerprint density at radius 2 is 1.76 bits per heavy atom. The first kappa shape index (κ1) is 26.9. The lowest BCUT2D eigenvalue weighted by molar-refractivity contribution is -0.122. The first-order valence-corrected chi connectivity index (χ1v) is 12.8. The Balaban J connectivity index is 1.61. The number of hydrogen-bond acceptors (Lipinski definition) is 6. The number of amides is 4. The molecule has 1 saturated heterocycles. The van der Waals surface area contributed by atoms with Crippen molar-refractivity contribution in [2.24, 2.45) is 0 Å². The van der Waals surface area contributed by atoms with Crippen LogP contribution in [0.25, 0.3) is 0 Å². The van der Waals surface area contributed by atoms with Crippen molar-refractivity contribution in [1.82, 2.24) is 4.90 Å². The zero-order valence-electron chi connectivity index (χ0n) is 22.0. The van der Waals surface area contributed by atoms with E-state index >= 15 is 0 Å². The second-order valence-corrected chi connectivity index (χ2v) is 9.44. The van der Waals surface area contributed by atoms with Crippen molar-refractivity contribution in [3.63, 3.8) is 0 Å². The molecule has 1 unspecified atom stereocenters. The van der Waals surface area contributed by atoms with E-state index < -0.39 is 11.9 Å². The Labute approximate surface area is 222 Å². The summed E-state index contributed by atoms with van der Waals surface area (Å²) in [5.41, 5.74) is 2.56. The standard InChI is InChI=1S/C29H33N3O6/c1-19(33)30-22-10-12-23(13-11-22)32-27(34)18-24(29(32)36)31(16-15-20-7-5-4-6-8-20)28(35)21-9-14-25(37-2)26(17-21)38-3/h7,9-14,17,24H,4-6,8,15-16,18H2,1-3H3,(H,30,33). The number of ether oxygens (including phenoxy) is 2. The van der Waals surface area contributed by atoms with Gasteiger partial charge < -0.3 is 19.7 Å². The Morgan fingerprint density at radius 1 is 1.03 bits per heavy atom. The van der Waals surface area contributed by atoms with Crippen molar-refractivity contribution in [3.8, 4) is 11.5 Å². The second-order valence-electron chi connectivity index (χ2n) is 9.44. The Bertz CT molecular complexity index is 1250. The summed E-state index contributed by atoms with van der Waals surface area (Å²) in [6.07, 6.45) is 7.01. The van der Waals surface area contributed by atoms with E-state index in [1.54, 1.807) is 42.5 Å². The molecule has 1 N–H and O–H groups in total. The average molecular weight is 520 g/mol. The molecule has 2 aromatic carbocycles. The van der Waals surface area contributed by atoms with Gasteiger partial charge in [-0.15, -0.1) is 0 Å². The first-order valence-electron chi connectivity index (χ1n) is 12.8. The number of allylic oxidation sites excluding steroid dienone is 1. The molecule has 1 atom stereocenters. The van der Waals surface area contributed by atoms with Gasteiger partial charge in [0, 0.05) is 24.7 Å². The molecular formula is C29H33N3O6. The van der Waals surface area contributed by atoms with Gasteiger partial charge in [-0.2, -0.15) is 0 Å². The number of benzene rings is 2. The molecule has 0 aromatic heterocycles. The van der Waals surface area contributed by atoms with Gasteiger partial charge in [0.15, 0.2) is 11.5 Å². The summed E-state index contributed by atoms with van der Waals surface area (Å²) >= 11 is 0. The smallest absolute Gasteiger partial charge is 0.257 e. The van der Waals surface area contributed by atoms with Gasteiger partial charge in [0.05, 0.1) is 26.3 Å². The molecule has 1 aliphatic heterocycles. The first-order chi connectivity index (χ1) is 18.3. The van der Waals surface area contributed by atoms with Gasteiger partial charge in [-0.1, -0.05) is 11.6 Å². The highest BCUT2D eigenvalue weighted by Crippen LogP contribution is 2.32. The fourth-order valence-electron chi connectivity index (χ4n) is 4.96. The van der Waals surface area contributed by atoms with Crippen LogP contribution in [0.2, 0.25) is 0 Å². The summed E-state index contributed by atoms with van der Waals surface area (Å²) in [6, 6.07) is 10.4. The number of hydrogen-bond donors (Lipinski definition) is 1. The van der Waals surface area contributed by atoms with Crippen molar-refractivity contribution < 1.29 is 28.7 Å². The van der Waals surface area contributed by atoms with Crippen LogP contribution in [0.5, 0.6) is 11.5 Å². The molecule has 1 aliphatic carbocycles. The van der Waals surface area contributed by atoms with Gasteiger partial charge in [-0.05, 0) is 74.6 Å². The molecule has 0 saturated carbocycles. The summed E-state index contributed by atoms with van der Waals surface area (Å²) in [5.74, 6) is -0.505. The number of methoxy groups -OCH3 is 2. The molecule has 4 amide bonds. The molecule has 9 heteroatoms.